The first-order valence-electron chi connectivity index (χ1n) is 22.3. The normalized spacial score (nSPS) is 12.3. The van der Waals surface area contributed by atoms with E-state index in [1.165, 1.54) is 65.2 Å². The Hall–Kier alpha value is -8.80. The number of fused-ring (bicyclic) bond motifs is 15. The van der Waals surface area contributed by atoms with Crippen molar-refractivity contribution in [2.45, 2.75) is 0 Å². The molecule has 65 heavy (non-hydrogen) atoms. The summed E-state index contributed by atoms with van der Waals surface area (Å²) in [6.07, 6.45) is 0. The third-order valence-electron chi connectivity index (χ3n) is 13.9. The SMILES string of the molecule is c1cc(-n2c3ccccc3c3cc(-n4c5ccccc5c5ccccc54)ccc32)c2c(c1)oc1ccc(-n3c4ccccc4c4cc(-n5c6ccccc6c6ccccc65)ccc43)cc12. The van der Waals surface area contributed by atoms with Crippen molar-refractivity contribution < 1.29 is 4.42 Å². The first-order chi connectivity index (χ1) is 32.3. The van der Waals surface area contributed by atoms with Crippen molar-refractivity contribution in [1.29, 1.82) is 0 Å². The Morgan fingerprint density at radius 3 is 1.02 bits per heavy atom. The maximum atomic E-state index is 6.71. The van der Waals surface area contributed by atoms with Crippen molar-refractivity contribution in [3.63, 3.8) is 0 Å². The van der Waals surface area contributed by atoms with Crippen LogP contribution in [-0.2, 0) is 0 Å². The lowest BCUT2D eigenvalue weighted by Gasteiger charge is -2.12. The second-order valence-corrected chi connectivity index (χ2v) is 17.3. The summed E-state index contributed by atoms with van der Waals surface area (Å²) in [7, 11) is 0. The fraction of sp³-hybridized carbons (Fsp3) is 0. The van der Waals surface area contributed by atoms with Crippen molar-refractivity contribution >= 4 is 109 Å². The summed E-state index contributed by atoms with van der Waals surface area (Å²) in [5.74, 6) is 0. The Balaban J connectivity index is 0.939. The Morgan fingerprint density at radius 2 is 0.569 bits per heavy atom. The van der Waals surface area contributed by atoms with Crippen LogP contribution < -0.4 is 0 Å². The van der Waals surface area contributed by atoms with Gasteiger partial charge in [-0.05, 0) is 103 Å². The molecule has 0 aliphatic rings. The van der Waals surface area contributed by atoms with Crippen LogP contribution in [0.25, 0.3) is 132 Å². The average molecular weight is 829 g/mol. The van der Waals surface area contributed by atoms with Crippen LogP contribution in [0.4, 0.5) is 0 Å². The van der Waals surface area contributed by atoms with E-state index >= 15 is 0 Å². The lowest BCUT2D eigenvalue weighted by molar-refractivity contribution is 0.669. The highest BCUT2D eigenvalue weighted by Gasteiger charge is 2.22. The van der Waals surface area contributed by atoms with Crippen LogP contribution in [0.1, 0.15) is 0 Å². The maximum Gasteiger partial charge on any atom is 0.137 e. The van der Waals surface area contributed by atoms with Crippen molar-refractivity contribution in [3.05, 3.63) is 218 Å². The molecular formula is C60H36N4O. The van der Waals surface area contributed by atoms with E-state index in [0.29, 0.717) is 0 Å². The zero-order valence-corrected chi connectivity index (χ0v) is 35.0. The van der Waals surface area contributed by atoms with Gasteiger partial charge in [-0.15, -0.1) is 0 Å². The summed E-state index contributed by atoms with van der Waals surface area (Å²) in [5, 5.41) is 12.0. The summed E-state index contributed by atoms with van der Waals surface area (Å²) in [6.45, 7) is 0. The third kappa shape index (κ3) is 4.71. The molecule has 5 nitrogen and oxygen atoms in total. The minimum atomic E-state index is 0.861. The fourth-order valence-corrected chi connectivity index (χ4v) is 11.3. The van der Waals surface area contributed by atoms with E-state index in [2.05, 4.69) is 237 Å². The van der Waals surface area contributed by atoms with Crippen molar-refractivity contribution in [1.82, 2.24) is 18.3 Å². The third-order valence-corrected chi connectivity index (χ3v) is 13.9. The van der Waals surface area contributed by atoms with Crippen LogP contribution in [0.3, 0.4) is 0 Å². The first-order valence-corrected chi connectivity index (χ1v) is 22.3. The molecule has 0 amide bonds. The Kier molecular flexibility index (Phi) is 6.89. The van der Waals surface area contributed by atoms with Crippen molar-refractivity contribution in [2.75, 3.05) is 0 Å². The van der Waals surface area contributed by atoms with Crippen LogP contribution in [0.2, 0.25) is 0 Å². The zero-order chi connectivity index (χ0) is 42.3. The molecule has 0 saturated heterocycles. The van der Waals surface area contributed by atoms with Gasteiger partial charge in [-0.1, -0.05) is 115 Å². The fourth-order valence-electron chi connectivity index (χ4n) is 11.3. The van der Waals surface area contributed by atoms with E-state index in [0.717, 1.165) is 66.8 Å². The Labute approximate surface area is 371 Å². The van der Waals surface area contributed by atoms with E-state index in [-0.39, 0.29) is 0 Å². The largest absolute Gasteiger partial charge is 0.456 e. The number of benzene rings is 10. The molecule has 5 heteroatoms. The van der Waals surface area contributed by atoms with Crippen LogP contribution >= 0.6 is 0 Å². The zero-order valence-electron chi connectivity index (χ0n) is 35.0. The van der Waals surface area contributed by atoms with E-state index in [1.807, 2.05) is 0 Å². The molecule has 0 bridgehead atoms. The molecule has 0 radical (unpaired) electrons. The average Bonchev–Trinajstić information content (AvgIpc) is 4.16. The van der Waals surface area contributed by atoms with Crippen LogP contribution in [0.15, 0.2) is 223 Å². The molecule has 5 heterocycles. The molecule has 15 rings (SSSR count). The number of hydrogen-bond donors (Lipinski definition) is 0. The van der Waals surface area contributed by atoms with Gasteiger partial charge in [0, 0.05) is 65.5 Å². The van der Waals surface area contributed by atoms with E-state index in [9.17, 15) is 0 Å². The number of furan rings is 1. The van der Waals surface area contributed by atoms with Gasteiger partial charge < -0.3 is 22.7 Å². The minimum absolute atomic E-state index is 0.861. The molecule has 5 aromatic heterocycles. The number of para-hydroxylation sites is 6. The molecule has 0 spiro atoms. The van der Waals surface area contributed by atoms with Crippen LogP contribution in [0, 0.1) is 0 Å². The number of nitrogens with zero attached hydrogens (tertiary/aromatic N) is 4. The highest BCUT2D eigenvalue weighted by molar-refractivity contribution is 6.17. The van der Waals surface area contributed by atoms with Gasteiger partial charge in [0.2, 0.25) is 0 Å². The molecule has 0 unspecified atom stereocenters. The molecule has 15 aromatic rings. The summed E-state index contributed by atoms with van der Waals surface area (Å²) >= 11 is 0. The van der Waals surface area contributed by atoms with Gasteiger partial charge in [-0.3, -0.25) is 0 Å². The van der Waals surface area contributed by atoms with Crippen molar-refractivity contribution in [2.24, 2.45) is 0 Å². The first kappa shape index (κ1) is 34.7. The highest BCUT2D eigenvalue weighted by atomic mass is 16.3. The Morgan fingerprint density at radius 1 is 0.231 bits per heavy atom. The maximum absolute atomic E-state index is 6.71. The second kappa shape index (κ2) is 12.9. The van der Waals surface area contributed by atoms with Gasteiger partial charge in [-0.2, -0.15) is 0 Å². The van der Waals surface area contributed by atoms with Crippen molar-refractivity contribution in [3.8, 4) is 22.7 Å². The summed E-state index contributed by atoms with van der Waals surface area (Å²) in [6, 6.07) is 79.5. The minimum Gasteiger partial charge on any atom is -0.456 e. The monoisotopic (exact) mass is 828 g/mol. The summed E-state index contributed by atoms with van der Waals surface area (Å²) in [5.41, 5.74) is 15.6. The topological polar surface area (TPSA) is 32.9 Å². The smallest absolute Gasteiger partial charge is 0.137 e. The second-order valence-electron chi connectivity index (χ2n) is 17.3. The van der Waals surface area contributed by atoms with Crippen LogP contribution in [-0.4, -0.2) is 18.3 Å². The van der Waals surface area contributed by atoms with Crippen LogP contribution in [0.5, 0.6) is 0 Å². The molecule has 0 aliphatic carbocycles. The van der Waals surface area contributed by atoms with Gasteiger partial charge in [0.25, 0.3) is 0 Å². The molecule has 0 fully saturated rings. The predicted molar refractivity (Wildman–Crippen MR) is 271 cm³/mol. The number of rotatable bonds is 4. The van der Waals surface area contributed by atoms with Gasteiger partial charge in [0.05, 0.1) is 55.2 Å². The predicted octanol–water partition coefficient (Wildman–Crippen LogP) is 16.0. The van der Waals surface area contributed by atoms with Gasteiger partial charge in [-0.25, -0.2) is 0 Å². The number of hydrogen-bond acceptors (Lipinski definition) is 1. The van der Waals surface area contributed by atoms with Gasteiger partial charge in [0.15, 0.2) is 0 Å². The lowest BCUT2D eigenvalue weighted by Crippen LogP contribution is -1.97. The summed E-state index contributed by atoms with van der Waals surface area (Å²) < 4.78 is 16.4. The lowest BCUT2D eigenvalue weighted by atomic mass is 10.1. The molecule has 302 valence electrons. The van der Waals surface area contributed by atoms with E-state index < -0.39 is 0 Å². The molecule has 0 saturated carbocycles. The van der Waals surface area contributed by atoms with E-state index in [1.54, 1.807) is 0 Å². The van der Waals surface area contributed by atoms with E-state index in [4.69, 9.17) is 4.42 Å². The van der Waals surface area contributed by atoms with Gasteiger partial charge >= 0.3 is 0 Å². The summed E-state index contributed by atoms with van der Waals surface area (Å²) in [4.78, 5) is 0. The molecular weight excluding hydrogens is 793 g/mol. The Bertz CT molecular complexity index is 4380. The van der Waals surface area contributed by atoms with Gasteiger partial charge in [0.1, 0.15) is 11.2 Å². The molecule has 0 aliphatic heterocycles. The standard InChI is InChI=1S/C60H36N4O/c1-7-20-49-40(14-1)41-15-2-8-21-50(41)61(49)37-28-31-55-46(34-37)44-18-5-11-24-53(44)63(55)39-30-33-58-48(36-39)60-57(26-13-27-59(60)65-58)64-54-25-12-6-19-45(54)47-35-38(29-32-56(47)64)62-51-22-9-3-16-42(51)43-17-4-10-23-52(43)62/h1-36H. The molecule has 0 N–H and O–H groups in total. The molecule has 0 atom stereocenters. The molecule has 10 aromatic carbocycles. The highest BCUT2D eigenvalue weighted by Crippen LogP contribution is 2.43. The quantitative estimate of drug-likeness (QED) is 0.174. The number of aromatic nitrogens is 4.